The molecular formula is C22H20N2O. The van der Waals surface area contributed by atoms with Gasteiger partial charge in [0.2, 0.25) is 0 Å². The van der Waals surface area contributed by atoms with Crippen molar-refractivity contribution in [1.82, 2.24) is 4.40 Å². The first-order valence-electron chi connectivity index (χ1n) is 8.82. The van der Waals surface area contributed by atoms with E-state index in [2.05, 4.69) is 82.2 Å². The summed E-state index contributed by atoms with van der Waals surface area (Å²) in [4.78, 5) is 2.44. The number of fused-ring (bicyclic) bond motifs is 2. The lowest BCUT2D eigenvalue weighted by molar-refractivity contribution is 0.123. The van der Waals surface area contributed by atoms with Gasteiger partial charge in [0.25, 0.3) is 0 Å². The molecule has 124 valence electrons. The highest BCUT2D eigenvalue weighted by Gasteiger charge is 2.18. The van der Waals surface area contributed by atoms with Crippen LogP contribution in [0.5, 0.6) is 0 Å². The fourth-order valence-corrected chi connectivity index (χ4v) is 3.74. The second-order valence-electron chi connectivity index (χ2n) is 6.54. The van der Waals surface area contributed by atoms with E-state index in [-0.39, 0.29) is 0 Å². The van der Waals surface area contributed by atoms with Crippen LogP contribution in [-0.2, 0) is 4.74 Å². The molecule has 3 heteroatoms. The molecule has 0 unspecified atom stereocenters. The number of morpholine rings is 1. The van der Waals surface area contributed by atoms with E-state index in [4.69, 9.17) is 4.74 Å². The van der Waals surface area contributed by atoms with Crippen molar-refractivity contribution in [3.05, 3.63) is 72.9 Å². The molecule has 0 spiro atoms. The minimum Gasteiger partial charge on any atom is -0.378 e. The zero-order chi connectivity index (χ0) is 16.6. The fourth-order valence-electron chi connectivity index (χ4n) is 3.74. The normalized spacial score (nSPS) is 15.1. The first-order valence-corrected chi connectivity index (χ1v) is 8.82. The molecule has 25 heavy (non-hydrogen) atoms. The molecule has 3 nitrogen and oxygen atoms in total. The molecule has 0 N–H and O–H groups in total. The summed E-state index contributed by atoms with van der Waals surface area (Å²) in [6.45, 7) is 3.48. The predicted octanol–water partition coefficient (Wildman–Crippen LogP) is 4.60. The van der Waals surface area contributed by atoms with Gasteiger partial charge in [-0.3, -0.25) is 0 Å². The van der Waals surface area contributed by atoms with Crippen LogP contribution in [0.1, 0.15) is 0 Å². The molecule has 0 bridgehead atoms. The number of ether oxygens (including phenoxy) is 1. The smallest absolute Gasteiger partial charge is 0.0697 e. The summed E-state index contributed by atoms with van der Waals surface area (Å²) in [6, 6.07) is 23.8. The van der Waals surface area contributed by atoms with E-state index >= 15 is 0 Å². The Hall–Kier alpha value is -2.78. The third kappa shape index (κ3) is 2.48. The number of pyridine rings is 1. The van der Waals surface area contributed by atoms with Crippen molar-refractivity contribution in [1.29, 1.82) is 0 Å². The van der Waals surface area contributed by atoms with Crippen molar-refractivity contribution in [2.24, 2.45) is 0 Å². The predicted molar refractivity (Wildman–Crippen MR) is 103 cm³/mol. The van der Waals surface area contributed by atoms with Gasteiger partial charge in [0.15, 0.2) is 0 Å². The first-order chi connectivity index (χ1) is 12.4. The molecule has 4 aromatic rings. The van der Waals surface area contributed by atoms with Crippen molar-refractivity contribution in [2.75, 3.05) is 31.2 Å². The van der Waals surface area contributed by atoms with Gasteiger partial charge in [0.05, 0.1) is 30.1 Å². The van der Waals surface area contributed by atoms with E-state index in [0.29, 0.717) is 0 Å². The molecule has 0 amide bonds. The molecule has 1 fully saturated rings. The maximum absolute atomic E-state index is 5.55. The lowest BCUT2D eigenvalue weighted by Gasteiger charge is -2.28. The average molecular weight is 328 g/mol. The number of benzene rings is 2. The van der Waals surface area contributed by atoms with E-state index in [1.54, 1.807) is 0 Å². The van der Waals surface area contributed by atoms with Gasteiger partial charge in [0.1, 0.15) is 0 Å². The number of rotatable bonds is 2. The van der Waals surface area contributed by atoms with Crippen molar-refractivity contribution in [3.63, 3.8) is 0 Å². The highest BCUT2D eigenvalue weighted by Crippen LogP contribution is 2.34. The Bertz CT molecular complexity index is 1030. The van der Waals surface area contributed by atoms with E-state index in [1.807, 2.05) is 0 Å². The van der Waals surface area contributed by atoms with Crippen LogP contribution in [0.3, 0.4) is 0 Å². The van der Waals surface area contributed by atoms with Crippen molar-refractivity contribution < 1.29 is 4.74 Å². The Labute approximate surface area is 147 Å². The SMILES string of the molecule is c1ccc(-c2cc(N3CCOCC3)c3cc4ccccc4cn23)cc1. The second-order valence-corrected chi connectivity index (χ2v) is 6.54. The molecule has 0 radical (unpaired) electrons. The van der Waals surface area contributed by atoms with Crippen LogP contribution in [0.2, 0.25) is 0 Å². The summed E-state index contributed by atoms with van der Waals surface area (Å²) in [7, 11) is 0. The molecule has 2 aromatic carbocycles. The lowest BCUT2D eigenvalue weighted by Crippen LogP contribution is -2.36. The minimum absolute atomic E-state index is 0.797. The molecule has 1 aliphatic rings. The minimum atomic E-state index is 0.797. The Morgan fingerprint density at radius 3 is 2.28 bits per heavy atom. The molecule has 0 saturated carbocycles. The Balaban J connectivity index is 1.79. The van der Waals surface area contributed by atoms with Gasteiger partial charge in [-0.25, -0.2) is 0 Å². The van der Waals surface area contributed by atoms with Gasteiger partial charge < -0.3 is 14.0 Å². The Morgan fingerprint density at radius 2 is 1.48 bits per heavy atom. The lowest BCUT2D eigenvalue weighted by atomic mass is 10.1. The third-order valence-electron chi connectivity index (χ3n) is 5.03. The van der Waals surface area contributed by atoms with Crippen LogP contribution < -0.4 is 4.90 Å². The van der Waals surface area contributed by atoms with Crippen molar-refractivity contribution >= 4 is 22.0 Å². The quantitative estimate of drug-likeness (QED) is 0.535. The van der Waals surface area contributed by atoms with Crippen molar-refractivity contribution in [2.45, 2.75) is 0 Å². The van der Waals surface area contributed by atoms with Gasteiger partial charge in [0, 0.05) is 19.3 Å². The largest absolute Gasteiger partial charge is 0.378 e. The number of hydrogen-bond donors (Lipinski definition) is 0. The van der Waals surface area contributed by atoms with Crippen LogP contribution in [0.4, 0.5) is 5.69 Å². The molecule has 0 atom stereocenters. The molecule has 0 aliphatic carbocycles. The number of anilines is 1. The topological polar surface area (TPSA) is 16.9 Å². The van der Waals surface area contributed by atoms with Crippen LogP contribution in [0.15, 0.2) is 72.9 Å². The summed E-state index contributed by atoms with van der Waals surface area (Å²) in [5.74, 6) is 0. The van der Waals surface area contributed by atoms with Crippen LogP contribution in [-0.4, -0.2) is 30.7 Å². The van der Waals surface area contributed by atoms with Crippen molar-refractivity contribution in [3.8, 4) is 11.3 Å². The van der Waals surface area contributed by atoms with Crippen LogP contribution in [0, 0.1) is 0 Å². The third-order valence-corrected chi connectivity index (χ3v) is 5.03. The molecule has 1 aliphatic heterocycles. The van der Waals surface area contributed by atoms with Crippen LogP contribution >= 0.6 is 0 Å². The Kier molecular flexibility index (Phi) is 3.46. The van der Waals surface area contributed by atoms with E-state index in [1.165, 1.54) is 33.2 Å². The van der Waals surface area contributed by atoms with E-state index in [9.17, 15) is 0 Å². The zero-order valence-corrected chi connectivity index (χ0v) is 14.1. The summed E-state index contributed by atoms with van der Waals surface area (Å²) >= 11 is 0. The summed E-state index contributed by atoms with van der Waals surface area (Å²) in [6.07, 6.45) is 2.26. The number of aromatic nitrogens is 1. The van der Waals surface area contributed by atoms with Gasteiger partial charge in [-0.1, -0.05) is 54.6 Å². The van der Waals surface area contributed by atoms with Crippen LogP contribution in [0.25, 0.3) is 27.5 Å². The highest BCUT2D eigenvalue weighted by atomic mass is 16.5. The summed E-state index contributed by atoms with van der Waals surface area (Å²) in [5, 5.41) is 2.54. The summed E-state index contributed by atoms with van der Waals surface area (Å²) < 4.78 is 7.88. The molecule has 1 saturated heterocycles. The molecule has 2 aromatic heterocycles. The maximum atomic E-state index is 5.55. The number of nitrogens with zero attached hydrogens (tertiary/aromatic N) is 2. The van der Waals surface area contributed by atoms with Gasteiger partial charge in [-0.2, -0.15) is 0 Å². The zero-order valence-electron chi connectivity index (χ0n) is 14.1. The van der Waals surface area contributed by atoms with E-state index < -0.39 is 0 Å². The number of hydrogen-bond acceptors (Lipinski definition) is 2. The molecule has 3 heterocycles. The monoisotopic (exact) mass is 328 g/mol. The fraction of sp³-hybridized carbons (Fsp3) is 0.182. The standard InChI is InChI=1S/C22H20N2O/c1-2-6-17(7-3-1)20-15-21(23-10-12-25-13-11-23)22-14-18-8-4-5-9-19(18)16-24(20)22/h1-9,14-16H,10-13H2. The maximum Gasteiger partial charge on any atom is 0.0697 e. The highest BCUT2D eigenvalue weighted by molar-refractivity contribution is 5.92. The summed E-state index contributed by atoms with van der Waals surface area (Å²) in [5.41, 5.74) is 5.04. The second kappa shape index (κ2) is 5.94. The Morgan fingerprint density at radius 1 is 0.760 bits per heavy atom. The van der Waals surface area contributed by atoms with Gasteiger partial charge in [-0.05, 0) is 28.5 Å². The first kappa shape index (κ1) is 14.6. The molecule has 5 rings (SSSR count). The van der Waals surface area contributed by atoms with E-state index in [0.717, 1.165) is 26.3 Å². The van der Waals surface area contributed by atoms with Gasteiger partial charge in [-0.15, -0.1) is 0 Å². The average Bonchev–Trinajstić information content (AvgIpc) is 3.06. The van der Waals surface area contributed by atoms with Gasteiger partial charge >= 0.3 is 0 Å². The molecular weight excluding hydrogens is 308 g/mol.